The maximum absolute atomic E-state index is 11.3. The van der Waals surface area contributed by atoms with Gasteiger partial charge >= 0.3 is 0 Å². The zero-order valence-electron chi connectivity index (χ0n) is 11.1. The van der Waals surface area contributed by atoms with Crippen LogP contribution in [0.1, 0.15) is 20.8 Å². The van der Waals surface area contributed by atoms with Gasteiger partial charge in [0.05, 0.1) is 5.75 Å². The molecule has 0 fully saturated rings. The fourth-order valence-electron chi connectivity index (χ4n) is 1.55. The molecule has 0 atom stereocenters. The molecule has 6 heteroatoms. The van der Waals surface area contributed by atoms with E-state index in [0.29, 0.717) is 0 Å². The molecule has 0 aliphatic rings. The Hall–Kier alpha value is -1.27. The third-order valence-corrected chi connectivity index (χ3v) is 3.90. The zero-order valence-corrected chi connectivity index (χ0v) is 11.9. The average molecular weight is 271 g/mol. The highest BCUT2D eigenvalue weighted by atomic mass is 32.2. The maximum atomic E-state index is 11.3. The summed E-state index contributed by atoms with van der Waals surface area (Å²) in [6.07, 6.45) is 0. The van der Waals surface area contributed by atoms with E-state index in [1.807, 2.05) is 24.3 Å². The van der Waals surface area contributed by atoms with Gasteiger partial charge in [-0.3, -0.25) is 0 Å². The Bertz CT molecular complexity index is 453. The molecular formula is C12H21N3O2S. The Balaban J connectivity index is 2.66. The highest BCUT2D eigenvalue weighted by molar-refractivity contribution is 7.89. The number of nitrogens with one attached hydrogen (secondary N) is 2. The van der Waals surface area contributed by atoms with Gasteiger partial charge in [0.25, 0.3) is 0 Å². The number of hydrogen-bond donors (Lipinski definition) is 2. The summed E-state index contributed by atoms with van der Waals surface area (Å²) in [6, 6.07) is 7.64. The number of hydrazine groups is 1. The molecule has 18 heavy (non-hydrogen) atoms. The van der Waals surface area contributed by atoms with E-state index in [4.69, 9.17) is 0 Å². The van der Waals surface area contributed by atoms with E-state index in [1.165, 1.54) is 0 Å². The van der Waals surface area contributed by atoms with Gasteiger partial charge in [-0.05, 0) is 45.0 Å². The van der Waals surface area contributed by atoms with Crippen molar-refractivity contribution >= 4 is 21.4 Å². The second-order valence-electron chi connectivity index (χ2n) is 3.85. The van der Waals surface area contributed by atoms with Crippen molar-refractivity contribution in [3.63, 3.8) is 0 Å². The van der Waals surface area contributed by atoms with Crippen LogP contribution in [0.25, 0.3) is 0 Å². The Morgan fingerprint density at radius 3 is 2.06 bits per heavy atom. The van der Waals surface area contributed by atoms with Gasteiger partial charge in [0, 0.05) is 24.5 Å². The van der Waals surface area contributed by atoms with Gasteiger partial charge < -0.3 is 10.3 Å². The second kappa shape index (κ2) is 6.61. The predicted octanol–water partition coefficient (Wildman–Crippen LogP) is 1.80. The molecule has 0 bridgehead atoms. The lowest BCUT2D eigenvalue weighted by molar-refractivity contribution is 0.589. The molecule has 1 aromatic rings. The quantitative estimate of drug-likeness (QED) is 0.742. The molecule has 0 spiro atoms. The fourth-order valence-corrected chi connectivity index (χ4v) is 1.97. The lowest BCUT2D eigenvalue weighted by atomic mass is 10.2. The summed E-state index contributed by atoms with van der Waals surface area (Å²) in [5.41, 5.74) is 4.54. The zero-order chi connectivity index (χ0) is 13.6. The van der Waals surface area contributed by atoms with Gasteiger partial charge in [-0.2, -0.15) is 0 Å². The Labute approximate surface area is 109 Å². The number of sulfonamides is 1. The first-order chi connectivity index (χ1) is 8.52. The molecular weight excluding hydrogens is 250 g/mol. The first-order valence-electron chi connectivity index (χ1n) is 6.12. The van der Waals surface area contributed by atoms with Crippen LogP contribution in [-0.2, 0) is 10.0 Å². The molecule has 0 aliphatic heterocycles. The highest BCUT2D eigenvalue weighted by Crippen LogP contribution is 2.17. The van der Waals surface area contributed by atoms with Crippen LogP contribution in [0.2, 0.25) is 0 Å². The van der Waals surface area contributed by atoms with E-state index in [9.17, 15) is 8.42 Å². The fraction of sp³-hybridized carbons (Fsp3) is 0.500. The third kappa shape index (κ3) is 4.19. The molecule has 102 valence electrons. The Morgan fingerprint density at radius 1 is 1.06 bits per heavy atom. The molecule has 1 rings (SSSR count). The van der Waals surface area contributed by atoms with Gasteiger partial charge in [-0.1, -0.05) is 0 Å². The van der Waals surface area contributed by atoms with Crippen LogP contribution >= 0.6 is 0 Å². The predicted molar refractivity (Wildman–Crippen MR) is 76.2 cm³/mol. The smallest absolute Gasteiger partial charge is 0.228 e. The topological polar surface area (TPSA) is 61.4 Å². The number of rotatable bonds is 7. The first-order valence-corrected chi connectivity index (χ1v) is 7.78. The highest BCUT2D eigenvalue weighted by Gasteiger charge is 2.05. The minimum absolute atomic E-state index is 0.0531. The molecule has 5 nitrogen and oxygen atoms in total. The summed E-state index contributed by atoms with van der Waals surface area (Å²) >= 11 is 0. The summed E-state index contributed by atoms with van der Waals surface area (Å²) in [4.78, 5) is 4.53. The van der Waals surface area contributed by atoms with Crippen LogP contribution in [-0.4, -0.2) is 27.3 Å². The van der Waals surface area contributed by atoms with Crippen LogP contribution in [0, 0.1) is 0 Å². The van der Waals surface area contributed by atoms with Crippen molar-refractivity contribution < 1.29 is 8.42 Å². The summed E-state index contributed by atoms with van der Waals surface area (Å²) < 4.78 is 22.5. The lowest BCUT2D eigenvalue weighted by Crippen LogP contribution is -2.30. The van der Waals surface area contributed by atoms with E-state index in [0.717, 1.165) is 24.5 Å². The summed E-state index contributed by atoms with van der Waals surface area (Å²) in [5, 5.41) is 0. The number of benzene rings is 1. The van der Waals surface area contributed by atoms with Gasteiger partial charge in [-0.25, -0.2) is 8.42 Å². The summed E-state index contributed by atoms with van der Waals surface area (Å²) in [7, 11) is -3.22. The molecule has 0 aliphatic carbocycles. The SMILES string of the molecule is CCN(CC)c1ccc(NNS(=O)(=O)CC)cc1. The van der Waals surface area contributed by atoms with Crippen molar-refractivity contribution in [3.8, 4) is 0 Å². The Morgan fingerprint density at radius 2 is 1.61 bits per heavy atom. The number of anilines is 2. The van der Waals surface area contributed by atoms with E-state index in [-0.39, 0.29) is 5.75 Å². The van der Waals surface area contributed by atoms with E-state index >= 15 is 0 Å². The molecule has 0 saturated carbocycles. The van der Waals surface area contributed by atoms with Crippen LogP contribution < -0.4 is 15.2 Å². The average Bonchev–Trinajstić information content (AvgIpc) is 2.39. The van der Waals surface area contributed by atoms with Crippen LogP contribution in [0.4, 0.5) is 11.4 Å². The minimum Gasteiger partial charge on any atom is -0.372 e. The van der Waals surface area contributed by atoms with Gasteiger partial charge in [-0.15, -0.1) is 4.83 Å². The normalized spacial score (nSPS) is 11.3. The van der Waals surface area contributed by atoms with Crippen molar-refractivity contribution in [1.29, 1.82) is 0 Å². The second-order valence-corrected chi connectivity index (χ2v) is 5.86. The minimum atomic E-state index is -3.22. The van der Waals surface area contributed by atoms with Crippen LogP contribution in [0.5, 0.6) is 0 Å². The monoisotopic (exact) mass is 271 g/mol. The summed E-state index contributed by atoms with van der Waals surface area (Å²) in [5.74, 6) is 0.0531. The molecule has 0 aromatic heterocycles. The van der Waals surface area contributed by atoms with Crippen molar-refractivity contribution in [1.82, 2.24) is 4.83 Å². The molecule has 0 saturated heterocycles. The molecule has 0 amide bonds. The Kier molecular flexibility index (Phi) is 5.43. The van der Waals surface area contributed by atoms with E-state index < -0.39 is 10.0 Å². The van der Waals surface area contributed by atoms with Gasteiger partial charge in [0.15, 0.2) is 0 Å². The lowest BCUT2D eigenvalue weighted by Gasteiger charge is -2.21. The third-order valence-electron chi connectivity index (χ3n) is 2.73. The van der Waals surface area contributed by atoms with Gasteiger partial charge in [0.1, 0.15) is 0 Å². The molecule has 0 heterocycles. The van der Waals surface area contributed by atoms with Crippen LogP contribution in [0.15, 0.2) is 24.3 Å². The maximum Gasteiger partial charge on any atom is 0.228 e. The van der Waals surface area contributed by atoms with Crippen molar-refractivity contribution in [2.75, 3.05) is 29.2 Å². The molecule has 2 N–H and O–H groups in total. The van der Waals surface area contributed by atoms with E-state index in [2.05, 4.69) is 29.0 Å². The number of hydrogen-bond acceptors (Lipinski definition) is 4. The van der Waals surface area contributed by atoms with Gasteiger partial charge in [0.2, 0.25) is 10.0 Å². The van der Waals surface area contributed by atoms with Crippen molar-refractivity contribution in [2.45, 2.75) is 20.8 Å². The van der Waals surface area contributed by atoms with Crippen molar-refractivity contribution in [2.24, 2.45) is 0 Å². The van der Waals surface area contributed by atoms with Crippen LogP contribution in [0.3, 0.4) is 0 Å². The van der Waals surface area contributed by atoms with Crippen molar-refractivity contribution in [3.05, 3.63) is 24.3 Å². The first kappa shape index (κ1) is 14.8. The molecule has 1 aromatic carbocycles. The molecule has 0 radical (unpaired) electrons. The molecule has 0 unspecified atom stereocenters. The number of nitrogens with zero attached hydrogens (tertiary/aromatic N) is 1. The van der Waals surface area contributed by atoms with E-state index in [1.54, 1.807) is 6.92 Å². The summed E-state index contributed by atoms with van der Waals surface area (Å²) in [6.45, 7) is 7.70. The standard InChI is InChI=1S/C12H21N3O2S/c1-4-15(5-2)12-9-7-11(8-10-12)13-14-18(16,17)6-3/h7-10,13-14H,4-6H2,1-3H3. The largest absolute Gasteiger partial charge is 0.372 e.